The molecule has 0 amide bonds. The lowest BCUT2D eigenvalue weighted by Gasteiger charge is -2.57. The molecule has 0 N–H and O–H groups in total. The molecule has 4 rings (SSSR count). The standard InChI is InChI=1S/C31H48O4/c1-19(2)9-8-10-20(3)26-13-14-27-25-12-11-23-17-24(34-21(4)32)18-29(35-22(5)33)31(23,7)28(25)15-16-30(26,27)6/h11-12,19-20,24,26-29H,8-10,13-18H2,1-7H3. The van der Waals surface area contributed by atoms with E-state index in [1.54, 1.807) is 5.57 Å². The molecule has 35 heavy (non-hydrogen) atoms. The Hall–Kier alpha value is -1.58. The fourth-order valence-electron chi connectivity index (χ4n) is 8.72. The van der Waals surface area contributed by atoms with Gasteiger partial charge >= 0.3 is 11.9 Å². The van der Waals surface area contributed by atoms with Gasteiger partial charge in [-0.1, -0.05) is 77.2 Å². The van der Waals surface area contributed by atoms with Gasteiger partial charge in [0.15, 0.2) is 0 Å². The minimum Gasteiger partial charge on any atom is -0.462 e. The molecule has 3 saturated carbocycles. The smallest absolute Gasteiger partial charge is 0.302 e. The summed E-state index contributed by atoms with van der Waals surface area (Å²) in [6.45, 7) is 15.0. The third kappa shape index (κ3) is 4.88. The average Bonchev–Trinajstić information content (AvgIpc) is 3.11. The van der Waals surface area contributed by atoms with Crippen LogP contribution in [-0.4, -0.2) is 24.1 Å². The maximum Gasteiger partial charge on any atom is 0.302 e. The first kappa shape index (κ1) is 26.5. The van der Waals surface area contributed by atoms with E-state index in [1.807, 2.05) is 0 Å². The average molecular weight is 485 g/mol. The van der Waals surface area contributed by atoms with Crippen LogP contribution in [0.4, 0.5) is 0 Å². The Balaban J connectivity index is 1.59. The van der Waals surface area contributed by atoms with Gasteiger partial charge in [0.2, 0.25) is 0 Å². The number of ether oxygens (including phenoxy) is 2. The Labute approximate surface area is 213 Å². The van der Waals surface area contributed by atoms with Crippen molar-refractivity contribution < 1.29 is 19.1 Å². The lowest BCUT2D eigenvalue weighted by Crippen LogP contribution is -2.54. The van der Waals surface area contributed by atoms with Crippen LogP contribution in [0, 0.1) is 40.4 Å². The van der Waals surface area contributed by atoms with Gasteiger partial charge < -0.3 is 9.47 Å². The molecule has 0 bridgehead atoms. The van der Waals surface area contributed by atoms with Crippen molar-refractivity contribution in [3.63, 3.8) is 0 Å². The molecule has 4 aliphatic rings. The van der Waals surface area contributed by atoms with Gasteiger partial charge in [-0.2, -0.15) is 0 Å². The summed E-state index contributed by atoms with van der Waals surface area (Å²) in [4.78, 5) is 23.8. The number of rotatable bonds is 7. The molecule has 0 radical (unpaired) electrons. The van der Waals surface area contributed by atoms with Gasteiger partial charge in [0.05, 0.1) is 0 Å². The van der Waals surface area contributed by atoms with Gasteiger partial charge in [0.25, 0.3) is 0 Å². The zero-order valence-electron chi connectivity index (χ0n) is 23.2. The highest BCUT2D eigenvalue weighted by atomic mass is 16.6. The molecule has 0 saturated heterocycles. The Morgan fingerprint density at radius 3 is 2.34 bits per heavy atom. The number of fused-ring (bicyclic) bond motifs is 5. The summed E-state index contributed by atoms with van der Waals surface area (Å²) in [5.74, 6) is 2.88. The van der Waals surface area contributed by atoms with Crippen LogP contribution in [0.15, 0.2) is 23.3 Å². The van der Waals surface area contributed by atoms with Gasteiger partial charge in [-0.25, -0.2) is 0 Å². The molecule has 8 atom stereocenters. The van der Waals surface area contributed by atoms with E-state index in [1.165, 1.54) is 57.9 Å². The van der Waals surface area contributed by atoms with Gasteiger partial charge in [-0.15, -0.1) is 0 Å². The topological polar surface area (TPSA) is 52.6 Å². The third-order valence-corrected chi connectivity index (χ3v) is 10.4. The first-order chi connectivity index (χ1) is 16.5. The summed E-state index contributed by atoms with van der Waals surface area (Å²) in [5, 5.41) is 0. The zero-order valence-corrected chi connectivity index (χ0v) is 23.2. The normalized spacial score (nSPS) is 39.0. The third-order valence-electron chi connectivity index (χ3n) is 10.4. The Bertz CT molecular complexity index is 884. The molecule has 0 aromatic carbocycles. The lowest BCUT2D eigenvalue weighted by atomic mass is 9.49. The maximum atomic E-state index is 12.1. The van der Waals surface area contributed by atoms with Crippen molar-refractivity contribution >= 4 is 11.9 Å². The van der Waals surface area contributed by atoms with E-state index in [4.69, 9.17) is 9.47 Å². The van der Waals surface area contributed by atoms with Crippen molar-refractivity contribution in [1.82, 2.24) is 0 Å². The first-order valence-electron chi connectivity index (χ1n) is 14.2. The van der Waals surface area contributed by atoms with Crippen LogP contribution in [0.25, 0.3) is 0 Å². The summed E-state index contributed by atoms with van der Waals surface area (Å²) in [6, 6.07) is 0. The van der Waals surface area contributed by atoms with Crippen molar-refractivity contribution in [2.75, 3.05) is 0 Å². The van der Waals surface area contributed by atoms with E-state index < -0.39 is 0 Å². The van der Waals surface area contributed by atoms with Gasteiger partial charge in [0, 0.05) is 32.1 Å². The molecular weight excluding hydrogens is 436 g/mol. The molecule has 0 aromatic heterocycles. The van der Waals surface area contributed by atoms with Crippen molar-refractivity contribution in [2.24, 2.45) is 40.4 Å². The molecule has 196 valence electrons. The predicted molar refractivity (Wildman–Crippen MR) is 140 cm³/mol. The molecular formula is C31H48O4. The summed E-state index contributed by atoms with van der Waals surface area (Å²) in [6.07, 6.45) is 14.6. The van der Waals surface area contributed by atoms with Crippen LogP contribution in [0.3, 0.4) is 0 Å². The van der Waals surface area contributed by atoms with Crippen molar-refractivity contribution in [2.45, 2.75) is 118 Å². The van der Waals surface area contributed by atoms with Crippen molar-refractivity contribution in [3.8, 4) is 0 Å². The van der Waals surface area contributed by atoms with Crippen molar-refractivity contribution in [3.05, 3.63) is 23.3 Å². The SMILES string of the molecule is CC(=O)OC1CC2=CC=C3C4CCC(C(C)CCCC(C)C)C4(C)CCC3C2(C)C(OC(C)=O)C1. The number of carbonyl (C=O) groups excluding carboxylic acids is 2. The van der Waals surface area contributed by atoms with E-state index in [0.717, 1.165) is 30.6 Å². The lowest BCUT2D eigenvalue weighted by molar-refractivity contribution is -0.165. The quantitative estimate of drug-likeness (QED) is 0.353. The highest BCUT2D eigenvalue weighted by molar-refractivity contribution is 5.67. The summed E-state index contributed by atoms with van der Waals surface area (Å²) >= 11 is 0. The highest BCUT2D eigenvalue weighted by Gasteiger charge is 2.60. The second-order valence-corrected chi connectivity index (χ2v) is 13.0. The fraction of sp³-hybridized carbons (Fsp3) is 0.806. The van der Waals surface area contributed by atoms with E-state index >= 15 is 0 Å². The van der Waals surface area contributed by atoms with Crippen LogP contribution in [0.1, 0.15) is 106 Å². The highest BCUT2D eigenvalue weighted by Crippen LogP contribution is 2.66. The Kier molecular flexibility index (Phi) is 7.61. The van der Waals surface area contributed by atoms with Crippen LogP contribution in [0.5, 0.6) is 0 Å². The maximum absolute atomic E-state index is 12.1. The molecule has 0 aliphatic heterocycles. The summed E-state index contributed by atoms with van der Waals surface area (Å²) in [5.41, 5.74) is 3.04. The van der Waals surface area contributed by atoms with E-state index in [-0.39, 0.29) is 29.6 Å². The molecule has 0 spiro atoms. The van der Waals surface area contributed by atoms with Gasteiger partial charge in [-0.3, -0.25) is 9.59 Å². The first-order valence-corrected chi connectivity index (χ1v) is 14.2. The monoisotopic (exact) mass is 484 g/mol. The van der Waals surface area contributed by atoms with Crippen LogP contribution in [0.2, 0.25) is 0 Å². The van der Waals surface area contributed by atoms with Crippen LogP contribution < -0.4 is 0 Å². The van der Waals surface area contributed by atoms with Gasteiger partial charge in [0.1, 0.15) is 12.2 Å². The summed E-state index contributed by atoms with van der Waals surface area (Å²) < 4.78 is 11.6. The number of carbonyl (C=O) groups is 2. The van der Waals surface area contributed by atoms with E-state index in [9.17, 15) is 9.59 Å². The molecule has 3 fully saturated rings. The minimum atomic E-state index is -0.263. The van der Waals surface area contributed by atoms with Crippen LogP contribution >= 0.6 is 0 Å². The predicted octanol–water partition coefficient (Wildman–Crippen LogP) is 7.42. The second kappa shape index (κ2) is 10.1. The minimum absolute atomic E-state index is 0.214. The largest absolute Gasteiger partial charge is 0.462 e. The van der Waals surface area contributed by atoms with Gasteiger partial charge in [-0.05, 0) is 60.7 Å². The second-order valence-electron chi connectivity index (χ2n) is 13.0. The molecule has 4 aliphatic carbocycles. The van der Waals surface area contributed by atoms with Crippen LogP contribution in [-0.2, 0) is 19.1 Å². The number of hydrogen-bond acceptors (Lipinski definition) is 4. The summed E-state index contributed by atoms with van der Waals surface area (Å²) in [7, 11) is 0. The van der Waals surface area contributed by atoms with E-state index in [2.05, 4.69) is 46.8 Å². The Morgan fingerprint density at radius 1 is 0.971 bits per heavy atom. The molecule has 4 heteroatoms. The molecule has 4 nitrogen and oxygen atoms in total. The van der Waals surface area contributed by atoms with Crippen molar-refractivity contribution in [1.29, 1.82) is 0 Å². The molecule has 0 heterocycles. The Morgan fingerprint density at radius 2 is 1.69 bits per heavy atom. The van der Waals surface area contributed by atoms with E-state index in [0.29, 0.717) is 23.7 Å². The zero-order chi connectivity index (χ0) is 25.5. The fourth-order valence-corrected chi connectivity index (χ4v) is 8.72. The number of esters is 2. The molecule has 0 aromatic rings. The number of hydrogen-bond donors (Lipinski definition) is 0. The molecule has 8 unspecified atom stereocenters. The number of allylic oxidation sites excluding steroid dienone is 3.